The van der Waals surface area contributed by atoms with Crippen LogP contribution in [0.4, 0.5) is 5.69 Å². The summed E-state index contributed by atoms with van der Waals surface area (Å²) in [5.41, 5.74) is 5.09. The minimum atomic E-state index is 0. The number of benzene rings is 2. The Balaban J connectivity index is 0.00000261. The molecular formula is C21H29IN4O. The van der Waals surface area contributed by atoms with Crippen LogP contribution < -0.4 is 20.3 Å². The molecule has 0 bridgehead atoms. The average molecular weight is 480 g/mol. The van der Waals surface area contributed by atoms with E-state index in [0.717, 1.165) is 44.2 Å². The second-order valence-electron chi connectivity index (χ2n) is 6.70. The molecule has 2 aromatic rings. The third-order valence-corrected chi connectivity index (χ3v) is 4.60. The van der Waals surface area contributed by atoms with E-state index in [1.807, 2.05) is 14.1 Å². The van der Waals surface area contributed by atoms with Crippen LogP contribution in [0.3, 0.4) is 0 Å². The predicted molar refractivity (Wildman–Crippen MR) is 124 cm³/mol. The monoisotopic (exact) mass is 480 g/mol. The lowest BCUT2D eigenvalue weighted by Gasteiger charge is -2.14. The number of guanidine groups is 1. The van der Waals surface area contributed by atoms with E-state index in [9.17, 15) is 0 Å². The third-order valence-electron chi connectivity index (χ3n) is 4.60. The molecule has 2 aromatic carbocycles. The van der Waals surface area contributed by atoms with Gasteiger partial charge >= 0.3 is 0 Å². The van der Waals surface area contributed by atoms with E-state index in [0.29, 0.717) is 0 Å². The molecule has 1 aliphatic heterocycles. The summed E-state index contributed by atoms with van der Waals surface area (Å²) in [7, 11) is 5.90. The smallest absolute Gasteiger partial charge is 0.191 e. The minimum Gasteiger partial charge on any atom is -0.493 e. The maximum Gasteiger partial charge on any atom is 0.191 e. The first-order chi connectivity index (χ1) is 12.7. The normalized spacial score (nSPS) is 12.6. The number of fused-ring (bicyclic) bond motifs is 1. The quantitative estimate of drug-likeness (QED) is 0.379. The lowest BCUT2D eigenvalue weighted by molar-refractivity contribution is 0.357. The van der Waals surface area contributed by atoms with Crippen LogP contribution in [-0.2, 0) is 19.4 Å². The zero-order valence-corrected chi connectivity index (χ0v) is 18.6. The van der Waals surface area contributed by atoms with E-state index < -0.39 is 0 Å². The number of nitrogens with zero attached hydrogens (tertiary/aromatic N) is 2. The highest BCUT2D eigenvalue weighted by Crippen LogP contribution is 2.25. The fourth-order valence-corrected chi connectivity index (χ4v) is 3.04. The molecule has 0 amide bonds. The number of hydrogen-bond acceptors (Lipinski definition) is 3. The van der Waals surface area contributed by atoms with Crippen molar-refractivity contribution in [1.82, 2.24) is 10.6 Å². The number of halogens is 1. The molecule has 0 radical (unpaired) electrons. The highest BCUT2D eigenvalue weighted by Gasteiger charge is 2.11. The number of anilines is 1. The Bertz CT molecular complexity index is 759. The Labute approximate surface area is 179 Å². The molecule has 0 saturated carbocycles. The molecule has 0 atom stereocenters. The van der Waals surface area contributed by atoms with E-state index in [1.54, 1.807) is 7.05 Å². The molecule has 0 fully saturated rings. The van der Waals surface area contributed by atoms with Crippen molar-refractivity contribution in [3.05, 3.63) is 59.2 Å². The van der Waals surface area contributed by atoms with Crippen LogP contribution in [0.2, 0.25) is 0 Å². The van der Waals surface area contributed by atoms with Gasteiger partial charge in [-0.1, -0.05) is 24.3 Å². The lowest BCUT2D eigenvalue weighted by Crippen LogP contribution is -2.37. The SMILES string of the molecule is CN=C(NCCc1ccc2c(c1)CCO2)NCc1ccc(N(C)C)cc1.I. The first-order valence-electron chi connectivity index (χ1n) is 9.11. The Morgan fingerprint density at radius 3 is 2.52 bits per heavy atom. The molecule has 0 saturated heterocycles. The zero-order chi connectivity index (χ0) is 18.4. The molecule has 1 aliphatic rings. The van der Waals surface area contributed by atoms with Gasteiger partial charge in [0.15, 0.2) is 5.96 Å². The van der Waals surface area contributed by atoms with E-state index in [2.05, 4.69) is 63.0 Å². The Morgan fingerprint density at radius 2 is 1.81 bits per heavy atom. The summed E-state index contributed by atoms with van der Waals surface area (Å²) in [5.74, 6) is 1.87. The Morgan fingerprint density at radius 1 is 1.07 bits per heavy atom. The third kappa shape index (κ3) is 6.02. The van der Waals surface area contributed by atoms with Gasteiger partial charge in [0.1, 0.15) is 5.75 Å². The van der Waals surface area contributed by atoms with Gasteiger partial charge in [-0.15, -0.1) is 24.0 Å². The van der Waals surface area contributed by atoms with Crippen molar-refractivity contribution in [2.75, 3.05) is 39.2 Å². The van der Waals surface area contributed by atoms with Crippen LogP contribution in [0, 0.1) is 0 Å². The highest BCUT2D eigenvalue weighted by molar-refractivity contribution is 14.0. The van der Waals surface area contributed by atoms with E-state index >= 15 is 0 Å². The number of ether oxygens (including phenoxy) is 1. The van der Waals surface area contributed by atoms with Crippen LogP contribution in [0.1, 0.15) is 16.7 Å². The van der Waals surface area contributed by atoms with Gasteiger partial charge in [-0.05, 0) is 41.3 Å². The van der Waals surface area contributed by atoms with Crippen molar-refractivity contribution in [3.63, 3.8) is 0 Å². The predicted octanol–water partition coefficient (Wildman–Crippen LogP) is 3.21. The van der Waals surface area contributed by atoms with Crippen molar-refractivity contribution >= 4 is 35.6 Å². The molecule has 1 heterocycles. The van der Waals surface area contributed by atoms with Gasteiger partial charge in [-0.25, -0.2) is 0 Å². The minimum absolute atomic E-state index is 0. The molecule has 3 rings (SSSR count). The van der Waals surface area contributed by atoms with Crippen molar-refractivity contribution in [2.45, 2.75) is 19.4 Å². The fourth-order valence-electron chi connectivity index (χ4n) is 3.04. The molecule has 0 spiro atoms. The van der Waals surface area contributed by atoms with Crippen LogP contribution in [0.5, 0.6) is 5.75 Å². The maximum atomic E-state index is 5.56. The highest BCUT2D eigenvalue weighted by atomic mass is 127. The summed E-state index contributed by atoms with van der Waals surface area (Å²) in [6, 6.07) is 15.0. The average Bonchev–Trinajstić information content (AvgIpc) is 3.12. The van der Waals surface area contributed by atoms with E-state index in [-0.39, 0.29) is 24.0 Å². The molecule has 0 unspecified atom stereocenters. The van der Waals surface area contributed by atoms with E-state index in [1.165, 1.54) is 22.4 Å². The first-order valence-corrected chi connectivity index (χ1v) is 9.11. The van der Waals surface area contributed by atoms with Crippen molar-refractivity contribution in [3.8, 4) is 5.75 Å². The van der Waals surface area contributed by atoms with Gasteiger partial charge < -0.3 is 20.3 Å². The van der Waals surface area contributed by atoms with Gasteiger partial charge in [0.05, 0.1) is 6.61 Å². The summed E-state index contributed by atoms with van der Waals surface area (Å²) in [6.07, 6.45) is 1.98. The van der Waals surface area contributed by atoms with Gasteiger partial charge in [0, 0.05) is 46.3 Å². The molecule has 6 heteroatoms. The summed E-state index contributed by atoms with van der Waals surface area (Å²) >= 11 is 0. The van der Waals surface area contributed by atoms with Gasteiger partial charge in [-0.3, -0.25) is 4.99 Å². The standard InChI is InChI=1S/C21H28N4O.HI/c1-22-21(24-15-17-4-7-19(8-5-17)25(2)3)23-12-10-16-6-9-20-18(14-16)11-13-26-20;/h4-9,14H,10-13,15H2,1-3H3,(H2,22,23,24);1H. The maximum absolute atomic E-state index is 5.56. The second kappa shape index (κ2) is 10.4. The van der Waals surface area contributed by atoms with Gasteiger partial charge in [0.2, 0.25) is 0 Å². The van der Waals surface area contributed by atoms with Crippen molar-refractivity contribution in [2.24, 2.45) is 4.99 Å². The molecular weight excluding hydrogens is 451 g/mol. The topological polar surface area (TPSA) is 48.9 Å². The molecule has 0 aromatic heterocycles. The largest absolute Gasteiger partial charge is 0.493 e. The molecule has 5 nitrogen and oxygen atoms in total. The van der Waals surface area contributed by atoms with Gasteiger partial charge in [0.25, 0.3) is 0 Å². The summed E-state index contributed by atoms with van der Waals surface area (Å²) in [4.78, 5) is 6.40. The number of hydrogen-bond donors (Lipinski definition) is 2. The van der Waals surface area contributed by atoms with Crippen LogP contribution in [-0.4, -0.2) is 40.3 Å². The molecule has 146 valence electrons. The number of aliphatic imine (C=N–C) groups is 1. The number of nitrogens with one attached hydrogen (secondary N) is 2. The Kier molecular flexibility index (Phi) is 8.22. The summed E-state index contributed by atoms with van der Waals surface area (Å²) < 4.78 is 5.56. The Hall–Kier alpha value is -1.96. The summed E-state index contributed by atoms with van der Waals surface area (Å²) in [6.45, 7) is 2.41. The van der Waals surface area contributed by atoms with E-state index in [4.69, 9.17) is 4.74 Å². The summed E-state index contributed by atoms with van der Waals surface area (Å²) in [5, 5.41) is 6.75. The fraction of sp³-hybridized carbons (Fsp3) is 0.381. The van der Waals surface area contributed by atoms with Crippen LogP contribution in [0.25, 0.3) is 0 Å². The number of rotatable bonds is 6. The van der Waals surface area contributed by atoms with Crippen LogP contribution >= 0.6 is 24.0 Å². The van der Waals surface area contributed by atoms with Crippen LogP contribution in [0.15, 0.2) is 47.5 Å². The van der Waals surface area contributed by atoms with Gasteiger partial charge in [-0.2, -0.15) is 0 Å². The second-order valence-corrected chi connectivity index (χ2v) is 6.70. The van der Waals surface area contributed by atoms with Crippen molar-refractivity contribution in [1.29, 1.82) is 0 Å². The zero-order valence-electron chi connectivity index (χ0n) is 16.3. The molecule has 2 N–H and O–H groups in total. The molecule has 0 aliphatic carbocycles. The van der Waals surface area contributed by atoms with Crippen molar-refractivity contribution < 1.29 is 4.74 Å². The lowest BCUT2D eigenvalue weighted by atomic mass is 10.1. The first kappa shape index (κ1) is 21.3. The molecule has 27 heavy (non-hydrogen) atoms.